The Labute approximate surface area is 105 Å². The Balaban J connectivity index is 2.21. The van der Waals surface area contributed by atoms with Gasteiger partial charge in [-0.3, -0.25) is 0 Å². The smallest absolute Gasteiger partial charge is 0.149 e. The molecule has 0 heterocycles. The maximum absolute atomic E-state index is 13.8. The number of rotatable bonds is 2. The van der Waals surface area contributed by atoms with Gasteiger partial charge in [-0.05, 0) is 30.2 Å². The zero-order chi connectivity index (χ0) is 12.8. The molecule has 1 aromatic carbocycles. The molecule has 2 rings (SSSR count). The van der Waals surface area contributed by atoms with Crippen LogP contribution in [-0.4, -0.2) is 0 Å². The Morgan fingerprint density at radius 1 is 1.35 bits per heavy atom. The molecule has 1 fully saturated rings. The highest BCUT2D eigenvalue weighted by Crippen LogP contribution is 2.49. The van der Waals surface area contributed by atoms with Crippen LogP contribution in [0, 0.1) is 23.0 Å². The minimum Gasteiger partial charge on any atom is -0.324 e. The lowest BCUT2D eigenvalue weighted by atomic mass is 9.61. The third-order valence-corrected chi connectivity index (χ3v) is 3.91. The molecule has 0 saturated heterocycles. The summed E-state index contributed by atoms with van der Waals surface area (Å²) in [7, 11) is 0. The van der Waals surface area contributed by atoms with Crippen molar-refractivity contribution in [3.8, 4) is 0 Å². The number of hydrogen-bond donors (Lipinski definition) is 1. The van der Waals surface area contributed by atoms with Gasteiger partial charge in [0.25, 0.3) is 0 Å². The first-order valence-electron chi connectivity index (χ1n) is 5.71. The van der Waals surface area contributed by atoms with E-state index in [9.17, 15) is 8.78 Å². The van der Waals surface area contributed by atoms with Crippen LogP contribution in [0.5, 0.6) is 0 Å². The van der Waals surface area contributed by atoms with Gasteiger partial charge in [0.15, 0.2) is 0 Å². The van der Waals surface area contributed by atoms with Crippen molar-refractivity contribution in [3.63, 3.8) is 0 Å². The normalized spacial score (nSPS) is 21.1. The molecule has 0 spiro atoms. The predicted octanol–water partition coefficient (Wildman–Crippen LogP) is 4.05. The zero-order valence-corrected chi connectivity index (χ0v) is 10.7. The SMILES string of the molecule is CC1(C)CC(C(N)c2ccc(F)c(Cl)c2F)C1. The van der Waals surface area contributed by atoms with Crippen LogP contribution in [0.1, 0.15) is 38.3 Å². The van der Waals surface area contributed by atoms with Crippen molar-refractivity contribution in [2.75, 3.05) is 0 Å². The average molecular weight is 260 g/mol. The van der Waals surface area contributed by atoms with E-state index in [2.05, 4.69) is 13.8 Å². The highest BCUT2D eigenvalue weighted by Gasteiger charge is 2.40. The zero-order valence-electron chi connectivity index (χ0n) is 9.93. The van der Waals surface area contributed by atoms with E-state index in [4.69, 9.17) is 17.3 Å². The molecule has 1 aliphatic carbocycles. The van der Waals surface area contributed by atoms with Gasteiger partial charge in [-0.15, -0.1) is 0 Å². The summed E-state index contributed by atoms with van der Waals surface area (Å²) >= 11 is 5.54. The number of halogens is 3. The van der Waals surface area contributed by atoms with Crippen LogP contribution in [0.2, 0.25) is 5.02 Å². The van der Waals surface area contributed by atoms with Crippen LogP contribution in [-0.2, 0) is 0 Å². The number of hydrogen-bond acceptors (Lipinski definition) is 1. The summed E-state index contributed by atoms with van der Waals surface area (Å²) in [4.78, 5) is 0. The van der Waals surface area contributed by atoms with Crippen molar-refractivity contribution >= 4 is 11.6 Å². The summed E-state index contributed by atoms with van der Waals surface area (Å²) in [5.74, 6) is -1.21. The lowest BCUT2D eigenvalue weighted by Crippen LogP contribution is -2.38. The minimum absolute atomic E-state index is 0.251. The van der Waals surface area contributed by atoms with E-state index >= 15 is 0 Å². The second-order valence-corrected chi connectivity index (χ2v) is 6.00. The third-order valence-electron chi connectivity index (χ3n) is 3.56. The summed E-state index contributed by atoms with van der Waals surface area (Å²) in [6.07, 6.45) is 1.92. The summed E-state index contributed by atoms with van der Waals surface area (Å²) in [5.41, 5.74) is 6.62. The lowest BCUT2D eigenvalue weighted by Gasteiger charge is -2.45. The van der Waals surface area contributed by atoms with Gasteiger partial charge in [0, 0.05) is 11.6 Å². The van der Waals surface area contributed by atoms with Crippen molar-refractivity contribution in [1.29, 1.82) is 0 Å². The summed E-state index contributed by atoms with van der Waals surface area (Å²) in [6, 6.07) is 2.16. The molecule has 1 aromatic rings. The van der Waals surface area contributed by atoms with E-state index in [0.717, 1.165) is 12.8 Å². The average Bonchev–Trinajstić information content (AvgIpc) is 2.22. The van der Waals surface area contributed by atoms with Crippen molar-refractivity contribution < 1.29 is 8.78 Å². The van der Waals surface area contributed by atoms with E-state index in [1.165, 1.54) is 12.1 Å². The number of nitrogens with two attached hydrogens (primary N) is 1. The summed E-state index contributed by atoms with van der Waals surface area (Å²) < 4.78 is 26.8. The first kappa shape index (κ1) is 12.8. The molecule has 4 heteroatoms. The second-order valence-electron chi connectivity index (χ2n) is 5.62. The van der Waals surface area contributed by atoms with Gasteiger partial charge >= 0.3 is 0 Å². The van der Waals surface area contributed by atoms with E-state index in [1.54, 1.807) is 0 Å². The van der Waals surface area contributed by atoms with Gasteiger partial charge in [-0.25, -0.2) is 8.78 Å². The largest absolute Gasteiger partial charge is 0.324 e. The molecular formula is C13H16ClF2N. The number of benzene rings is 1. The van der Waals surface area contributed by atoms with Crippen LogP contribution in [0.15, 0.2) is 12.1 Å². The Hall–Kier alpha value is -0.670. The molecule has 17 heavy (non-hydrogen) atoms. The molecule has 1 saturated carbocycles. The fourth-order valence-electron chi connectivity index (χ4n) is 2.67. The monoisotopic (exact) mass is 259 g/mol. The van der Waals surface area contributed by atoms with E-state index in [-0.39, 0.29) is 11.3 Å². The first-order chi connectivity index (χ1) is 7.82. The first-order valence-corrected chi connectivity index (χ1v) is 6.08. The highest BCUT2D eigenvalue weighted by atomic mass is 35.5. The van der Waals surface area contributed by atoms with Gasteiger partial charge in [0.05, 0.1) is 0 Å². The van der Waals surface area contributed by atoms with Crippen molar-refractivity contribution in [3.05, 3.63) is 34.4 Å². The van der Waals surface area contributed by atoms with E-state index in [1.807, 2.05) is 0 Å². The van der Waals surface area contributed by atoms with E-state index < -0.39 is 22.7 Å². The fraction of sp³-hybridized carbons (Fsp3) is 0.538. The molecule has 1 unspecified atom stereocenters. The molecule has 94 valence electrons. The van der Waals surface area contributed by atoms with Gasteiger partial charge < -0.3 is 5.73 Å². The molecule has 0 bridgehead atoms. The molecule has 0 radical (unpaired) electrons. The topological polar surface area (TPSA) is 26.0 Å². The van der Waals surface area contributed by atoms with Crippen LogP contribution in [0.25, 0.3) is 0 Å². The van der Waals surface area contributed by atoms with Gasteiger partial charge in [-0.1, -0.05) is 31.5 Å². The molecular weight excluding hydrogens is 244 g/mol. The summed E-state index contributed by atoms with van der Waals surface area (Å²) in [5, 5.41) is -0.462. The molecule has 0 aromatic heterocycles. The minimum atomic E-state index is -0.742. The second kappa shape index (κ2) is 4.21. The molecule has 1 atom stereocenters. The van der Waals surface area contributed by atoms with Gasteiger partial charge in [0.1, 0.15) is 16.7 Å². The Bertz CT molecular complexity index is 437. The fourth-order valence-corrected chi connectivity index (χ4v) is 2.84. The van der Waals surface area contributed by atoms with Crippen molar-refractivity contribution in [2.24, 2.45) is 17.1 Å². The molecule has 1 aliphatic rings. The standard InChI is InChI=1S/C13H16ClF2N/c1-13(2)5-7(6-13)12(17)8-3-4-9(15)10(14)11(8)16/h3-4,7,12H,5-6,17H2,1-2H3. The van der Waals surface area contributed by atoms with Crippen LogP contribution in [0.3, 0.4) is 0 Å². The van der Waals surface area contributed by atoms with Gasteiger partial charge in [0.2, 0.25) is 0 Å². The third kappa shape index (κ3) is 2.31. The molecule has 1 nitrogen and oxygen atoms in total. The van der Waals surface area contributed by atoms with Crippen LogP contribution < -0.4 is 5.73 Å². The Kier molecular flexibility index (Phi) is 3.17. The highest BCUT2D eigenvalue weighted by molar-refractivity contribution is 6.30. The maximum Gasteiger partial charge on any atom is 0.149 e. The van der Waals surface area contributed by atoms with Crippen LogP contribution in [0.4, 0.5) is 8.78 Å². The van der Waals surface area contributed by atoms with Crippen molar-refractivity contribution in [2.45, 2.75) is 32.7 Å². The Morgan fingerprint density at radius 3 is 2.47 bits per heavy atom. The van der Waals surface area contributed by atoms with Crippen LogP contribution >= 0.6 is 11.6 Å². The predicted molar refractivity (Wildman–Crippen MR) is 64.8 cm³/mol. The van der Waals surface area contributed by atoms with E-state index in [0.29, 0.717) is 5.56 Å². The maximum atomic E-state index is 13.8. The summed E-state index contributed by atoms with van der Waals surface area (Å²) in [6.45, 7) is 4.31. The molecule has 2 N–H and O–H groups in total. The molecule has 0 aliphatic heterocycles. The molecule has 0 amide bonds. The van der Waals surface area contributed by atoms with Crippen molar-refractivity contribution in [1.82, 2.24) is 0 Å². The quantitative estimate of drug-likeness (QED) is 0.797. The lowest BCUT2D eigenvalue weighted by molar-refractivity contribution is 0.0748. The Morgan fingerprint density at radius 2 is 1.94 bits per heavy atom. The van der Waals surface area contributed by atoms with Gasteiger partial charge in [-0.2, -0.15) is 0 Å².